The van der Waals surface area contributed by atoms with E-state index in [-0.39, 0.29) is 5.91 Å². The van der Waals surface area contributed by atoms with Gasteiger partial charge in [0.05, 0.1) is 0 Å². The first-order valence-electron chi connectivity index (χ1n) is 8.33. The third-order valence-corrected chi connectivity index (χ3v) is 4.58. The van der Waals surface area contributed by atoms with Crippen LogP contribution in [0.3, 0.4) is 0 Å². The summed E-state index contributed by atoms with van der Waals surface area (Å²) >= 11 is 0. The average Bonchev–Trinajstić information content (AvgIpc) is 2.55. The highest BCUT2D eigenvalue weighted by Crippen LogP contribution is 2.29. The van der Waals surface area contributed by atoms with Crippen LogP contribution in [-0.4, -0.2) is 11.9 Å². The van der Waals surface area contributed by atoms with Crippen molar-refractivity contribution in [1.29, 1.82) is 0 Å². The van der Waals surface area contributed by atoms with Gasteiger partial charge < -0.3 is 10.6 Å². The van der Waals surface area contributed by atoms with E-state index < -0.39 is 0 Å². The number of rotatable bonds is 4. The SMILES string of the molecule is CC(=O)Nc1cccc2c1CCC(NC(C)c1ccccc1)C2. The molecular weight excluding hydrogens is 284 g/mol. The molecule has 2 atom stereocenters. The maximum absolute atomic E-state index is 11.3. The molecule has 1 amide bonds. The summed E-state index contributed by atoms with van der Waals surface area (Å²) in [7, 11) is 0. The third-order valence-electron chi connectivity index (χ3n) is 4.58. The Labute approximate surface area is 138 Å². The van der Waals surface area contributed by atoms with Gasteiger partial charge in [0, 0.05) is 24.7 Å². The average molecular weight is 308 g/mol. The van der Waals surface area contributed by atoms with Gasteiger partial charge in [0.25, 0.3) is 0 Å². The number of fused-ring (bicyclic) bond motifs is 1. The summed E-state index contributed by atoms with van der Waals surface area (Å²) in [6.45, 7) is 3.78. The van der Waals surface area contributed by atoms with Crippen molar-refractivity contribution >= 4 is 11.6 Å². The molecule has 0 heterocycles. The minimum atomic E-state index is -0.00338. The largest absolute Gasteiger partial charge is 0.326 e. The Bertz CT molecular complexity index is 681. The van der Waals surface area contributed by atoms with Crippen molar-refractivity contribution in [3.63, 3.8) is 0 Å². The second-order valence-corrected chi connectivity index (χ2v) is 6.36. The number of amides is 1. The fourth-order valence-electron chi connectivity index (χ4n) is 3.45. The molecule has 2 unspecified atom stereocenters. The number of anilines is 1. The van der Waals surface area contributed by atoms with Crippen molar-refractivity contribution in [2.75, 3.05) is 5.32 Å². The molecule has 23 heavy (non-hydrogen) atoms. The van der Waals surface area contributed by atoms with Gasteiger partial charge in [0.2, 0.25) is 5.91 Å². The minimum Gasteiger partial charge on any atom is -0.326 e. The summed E-state index contributed by atoms with van der Waals surface area (Å²) in [5, 5.41) is 6.70. The molecule has 0 radical (unpaired) electrons. The third kappa shape index (κ3) is 3.80. The van der Waals surface area contributed by atoms with Crippen LogP contribution in [-0.2, 0) is 17.6 Å². The van der Waals surface area contributed by atoms with E-state index in [0.717, 1.165) is 24.9 Å². The van der Waals surface area contributed by atoms with Gasteiger partial charge in [-0.1, -0.05) is 42.5 Å². The molecule has 3 rings (SSSR count). The van der Waals surface area contributed by atoms with Crippen molar-refractivity contribution in [1.82, 2.24) is 5.32 Å². The molecular formula is C20H24N2O. The summed E-state index contributed by atoms with van der Waals surface area (Å²) in [5.41, 5.74) is 4.95. The fourth-order valence-corrected chi connectivity index (χ4v) is 3.45. The molecule has 0 saturated heterocycles. The Hall–Kier alpha value is -2.13. The molecule has 0 spiro atoms. The molecule has 1 aliphatic rings. The van der Waals surface area contributed by atoms with Crippen LogP contribution < -0.4 is 10.6 Å². The maximum Gasteiger partial charge on any atom is 0.221 e. The van der Waals surface area contributed by atoms with Gasteiger partial charge in [-0.3, -0.25) is 4.79 Å². The number of carbonyl (C=O) groups excluding carboxylic acids is 1. The first kappa shape index (κ1) is 15.8. The quantitative estimate of drug-likeness (QED) is 0.900. The summed E-state index contributed by atoms with van der Waals surface area (Å²) in [6.07, 6.45) is 3.12. The van der Waals surface area contributed by atoms with Crippen LogP contribution >= 0.6 is 0 Å². The first-order chi connectivity index (χ1) is 11.1. The smallest absolute Gasteiger partial charge is 0.221 e. The molecule has 1 aliphatic carbocycles. The van der Waals surface area contributed by atoms with Crippen molar-refractivity contribution in [3.8, 4) is 0 Å². The normalized spacial score (nSPS) is 18.1. The maximum atomic E-state index is 11.3. The van der Waals surface area contributed by atoms with Crippen LogP contribution in [0.4, 0.5) is 5.69 Å². The molecule has 0 aromatic heterocycles. The van der Waals surface area contributed by atoms with Gasteiger partial charge in [-0.15, -0.1) is 0 Å². The van der Waals surface area contributed by atoms with E-state index in [1.807, 2.05) is 12.1 Å². The van der Waals surface area contributed by atoms with E-state index in [1.165, 1.54) is 16.7 Å². The Kier molecular flexibility index (Phi) is 4.77. The predicted molar refractivity (Wildman–Crippen MR) is 94.6 cm³/mol. The molecule has 3 heteroatoms. The lowest BCUT2D eigenvalue weighted by atomic mass is 9.86. The Morgan fingerprint density at radius 3 is 2.65 bits per heavy atom. The van der Waals surface area contributed by atoms with Crippen molar-refractivity contribution < 1.29 is 4.79 Å². The highest BCUT2D eigenvalue weighted by atomic mass is 16.1. The highest BCUT2D eigenvalue weighted by molar-refractivity contribution is 5.89. The lowest BCUT2D eigenvalue weighted by Crippen LogP contribution is -2.36. The van der Waals surface area contributed by atoms with Gasteiger partial charge in [0.1, 0.15) is 0 Å². The van der Waals surface area contributed by atoms with Crippen LogP contribution in [0, 0.1) is 0 Å². The number of benzene rings is 2. The first-order valence-corrected chi connectivity index (χ1v) is 8.33. The van der Waals surface area contributed by atoms with E-state index in [2.05, 4.69) is 54.0 Å². The Morgan fingerprint density at radius 2 is 1.91 bits per heavy atom. The second-order valence-electron chi connectivity index (χ2n) is 6.36. The molecule has 3 nitrogen and oxygen atoms in total. The minimum absolute atomic E-state index is 0.00338. The topological polar surface area (TPSA) is 41.1 Å². The van der Waals surface area contributed by atoms with Gasteiger partial charge in [0.15, 0.2) is 0 Å². The molecule has 0 bridgehead atoms. The van der Waals surface area contributed by atoms with Crippen LogP contribution in [0.2, 0.25) is 0 Å². The van der Waals surface area contributed by atoms with Crippen LogP contribution in [0.25, 0.3) is 0 Å². The fraction of sp³-hybridized carbons (Fsp3) is 0.350. The van der Waals surface area contributed by atoms with E-state index >= 15 is 0 Å². The van der Waals surface area contributed by atoms with Gasteiger partial charge in [-0.2, -0.15) is 0 Å². The molecule has 2 aromatic rings. The van der Waals surface area contributed by atoms with Gasteiger partial charge in [-0.05, 0) is 48.9 Å². The molecule has 2 N–H and O–H groups in total. The monoisotopic (exact) mass is 308 g/mol. The molecule has 0 saturated carbocycles. The van der Waals surface area contributed by atoms with Crippen molar-refractivity contribution in [3.05, 3.63) is 65.2 Å². The summed E-state index contributed by atoms with van der Waals surface area (Å²) in [4.78, 5) is 11.3. The van der Waals surface area contributed by atoms with Crippen LogP contribution in [0.15, 0.2) is 48.5 Å². The van der Waals surface area contributed by atoms with Crippen LogP contribution in [0.1, 0.15) is 43.0 Å². The van der Waals surface area contributed by atoms with Crippen molar-refractivity contribution in [2.24, 2.45) is 0 Å². The zero-order chi connectivity index (χ0) is 16.2. The van der Waals surface area contributed by atoms with E-state index in [1.54, 1.807) is 6.92 Å². The van der Waals surface area contributed by atoms with Gasteiger partial charge >= 0.3 is 0 Å². The second kappa shape index (κ2) is 6.97. The van der Waals surface area contributed by atoms with Crippen LogP contribution in [0.5, 0.6) is 0 Å². The number of nitrogens with one attached hydrogen (secondary N) is 2. The zero-order valence-corrected chi connectivity index (χ0v) is 13.8. The summed E-state index contributed by atoms with van der Waals surface area (Å²) in [5.74, 6) is -0.00338. The summed E-state index contributed by atoms with van der Waals surface area (Å²) in [6, 6.07) is 17.6. The lowest BCUT2D eigenvalue weighted by Gasteiger charge is -2.30. The van der Waals surface area contributed by atoms with E-state index in [4.69, 9.17) is 0 Å². The molecule has 0 aliphatic heterocycles. The molecule has 2 aromatic carbocycles. The van der Waals surface area contributed by atoms with E-state index in [0.29, 0.717) is 12.1 Å². The Morgan fingerprint density at radius 1 is 1.13 bits per heavy atom. The number of hydrogen-bond acceptors (Lipinski definition) is 2. The Balaban J connectivity index is 1.70. The number of carbonyl (C=O) groups is 1. The standard InChI is InChI=1S/C20H24N2O/c1-14(16-7-4-3-5-8-16)21-18-11-12-19-17(13-18)9-6-10-20(19)22-15(2)23/h3-10,14,18,21H,11-13H2,1-2H3,(H,22,23). The number of hydrogen-bond donors (Lipinski definition) is 2. The zero-order valence-electron chi connectivity index (χ0n) is 13.8. The van der Waals surface area contributed by atoms with Gasteiger partial charge in [-0.25, -0.2) is 0 Å². The van der Waals surface area contributed by atoms with E-state index in [9.17, 15) is 4.79 Å². The summed E-state index contributed by atoms with van der Waals surface area (Å²) < 4.78 is 0. The lowest BCUT2D eigenvalue weighted by molar-refractivity contribution is -0.114. The highest BCUT2D eigenvalue weighted by Gasteiger charge is 2.22. The molecule has 0 fully saturated rings. The predicted octanol–water partition coefficient (Wildman–Crippen LogP) is 3.85. The molecule has 120 valence electrons. The van der Waals surface area contributed by atoms with Crippen molar-refractivity contribution in [2.45, 2.75) is 45.2 Å².